The van der Waals surface area contributed by atoms with Gasteiger partial charge in [0.2, 0.25) is 5.91 Å². The predicted octanol–water partition coefficient (Wildman–Crippen LogP) is 0.258. The van der Waals surface area contributed by atoms with E-state index in [2.05, 4.69) is 0 Å². The van der Waals surface area contributed by atoms with Crippen LogP contribution in [0.2, 0.25) is 0 Å². The van der Waals surface area contributed by atoms with E-state index in [1.165, 1.54) is 24.3 Å². The molecule has 1 rings (SSSR count). The predicted molar refractivity (Wildman–Crippen MR) is 89.3 cm³/mol. The summed E-state index contributed by atoms with van der Waals surface area (Å²) >= 11 is 5.48. The van der Waals surface area contributed by atoms with Crippen LogP contribution in [0.5, 0.6) is 5.75 Å². The van der Waals surface area contributed by atoms with Gasteiger partial charge in [-0.3, -0.25) is 20.7 Å². The van der Waals surface area contributed by atoms with Gasteiger partial charge in [0.25, 0.3) is 10.0 Å². The van der Waals surface area contributed by atoms with Gasteiger partial charge in [0.15, 0.2) is 0 Å². The molecule has 0 atom stereocenters. The maximum Gasteiger partial charge on any atom is 0.336 e. The van der Waals surface area contributed by atoms with Crippen LogP contribution < -0.4 is 25.4 Å². The third-order valence-corrected chi connectivity index (χ3v) is 3.97. The molecule has 1 aromatic carbocycles. The number of benzene rings is 1. The zero-order valence-corrected chi connectivity index (χ0v) is 14.9. The summed E-state index contributed by atoms with van der Waals surface area (Å²) in [6.45, 7) is 1.06. The highest BCUT2D eigenvalue weighted by molar-refractivity contribution is 7.90. The molecule has 0 saturated carbocycles. The molecule has 0 unspecified atom stereocenters. The molecule has 0 aliphatic rings. The average Bonchev–Trinajstić information content (AvgIpc) is 2.51. The molecule has 0 heterocycles. The van der Waals surface area contributed by atoms with Crippen molar-refractivity contribution >= 4 is 45.6 Å². The van der Waals surface area contributed by atoms with E-state index < -0.39 is 34.0 Å². The lowest BCUT2D eigenvalue weighted by Gasteiger charge is -2.12. The molecule has 0 aromatic heterocycles. The highest BCUT2D eigenvalue weighted by Gasteiger charge is 2.23. The summed E-state index contributed by atoms with van der Waals surface area (Å²) in [5.41, 5.74) is 0. The average molecular weight is 407 g/mol. The number of para-hydroxylation sites is 1. The maximum atomic E-state index is 12.2. The van der Waals surface area contributed by atoms with E-state index in [0.717, 1.165) is 6.92 Å². The molecule has 0 saturated heterocycles. The van der Waals surface area contributed by atoms with Crippen LogP contribution in [0.4, 0.5) is 14.4 Å². The number of alkyl halides is 1. The van der Waals surface area contributed by atoms with Crippen molar-refractivity contribution in [3.05, 3.63) is 24.3 Å². The summed E-state index contributed by atoms with van der Waals surface area (Å²) < 4.78 is 31.2. The SMILES string of the molecule is CC(=O)NC(=O)NC(=O)NC(=O)NS(=O)(=O)c1ccccc1OCCCl. The fourth-order valence-corrected chi connectivity index (χ4v) is 2.70. The fraction of sp³-hybridized carbons (Fsp3) is 0.231. The van der Waals surface area contributed by atoms with E-state index in [9.17, 15) is 27.6 Å². The monoisotopic (exact) mass is 406 g/mol. The van der Waals surface area contributed by atoms with Gasteiger partial charge in [-0.05, 0) is 12.1 Å². The zero-order chi connectivity index (χ0) is 19.7. The highest BCUT2D eigenvalue weighted by atomic mass is 35.5. The van der Waals surface area contributed by atoms with E-state index in [4.69, 9.17) is 16.3 Å². The Kier molecular flexibility index (Phi) is 7.80. The Balaban J connectivity index is 2.75. The van der Waals surface area contributed by atoms with Crippen LogP contribution in [0.25, 0.3) is 0 Å². The Morgan fingerprint density at radius 3 is 2.19 bits per heavy atom. The first kappa shape index (κ1) is 21.2. The number of hydrogen-bond acceptors (Lipinski definition) is 7. The van der Waals surface area contributed by atoms with Gasteiger partial charge in [0.1, 0.15) is 17.3 Å². The molecule has 142 valence electrons. The normalized spacial score (nSPS) is 10.4. The number of urea groups is 3. The van der Waals surface area contributed by atoms with Crippen molar-refractivity contribution in [3.8, 4) is 5.75 Å². The van der Waals surface area contributed by atoms with Crippen LogP contribution in [0.3, 0.4) is 0 Å². The van der Waals surface area contributed by atoms with Gasteiger partial charge in [-0.1, -0.05) is 12.1 Å². The minimum atomic E-state index is -4.38. The molecular formula is C13H15ClN4O7S. The van der Waals surface area contributed by atoms with Gasteiger partial charge in [0.05, 0.1) is 5.88 Å². The number of imide groups is 3. The van der Waals surface area contributed by atoms with Crippen LogP contribution in [0, 0.1) is 0 Å². The fourth-order valence-electron chi connectivity index (χ4n) is 1.57. The minimum Gasteiger partial charge on any atom is -0.491 e. The summed E-state index contributed by atoms with van der Waals surface area (Å²) in [6, 6.07) is 1.50. The van der Waals surface area contributed by atoms with Gasteiger partial charge in [0, 0.05) is 6.92 Å². The Hall–Kier alpha value is -2.86. The third kappa shape index (κ3) is 6.94. The minimum absolute atomic E-state index is 0.0357. The number of carbonyl (C=O) groups is 4. The van der Waals surface area contributed by atoms with Crippen molar-refractivity contribution in [2.24, 2.45) is 0 Å². The van der Waals surface area contributed by atoms with Gasteiger partial charge in [-0.15, -0.1) is 11.6 Å². The molecule has 0 radical (unpaired) electrons. The van der Waals surface area contributed by atoms with E-state index in [1.54, 1.807) is 20.7 Å². The van der Waals surface area contributed by atoms with Crippen molar-refractivity contribution in [1.29, 1.82) is 0 Å². The summed E-state index contributed by atoms with van der Waals surface area (Å²) in [6.07, 6.45) is 0. The lowest BCUT2D eigenvalue weighted by molar-refractivity contribution is -0.117. The Labute approximate surface area is 153 Å². The number of amides is 7. The first-order valence-corrected chi connectivity index (χ1v) is 8.91. The summed E-state index contributed by atoms with van der Waals surface area (Å²) in [5, 5.41) is 4.87. The number of sulfonamides is 1. The van der Waals surface area contributed by atoms with Crippen LogP contribution in [0.1, 0.15) is 6.92 Å². The Morgan fingerprint density at radius 1 is 1.00 bits per heavy atom. The molecular weight excluding hydrogens is 392 g/mol. The van der Waals surface area contributed by atoms with Gasteiger partial charge >= 0.3 is 18.1 Å². The second kappa shape index (κ2) is 9.58. The lowest BCUT2D eigenvalue weighted by atomic mass is 10.3. The number of halogens is 1. The number of rotatable bonds is 5. The van der Waals surface area contributed by atoms with E-state index in [1.807, 2.05) is 0 Å². The second-order valence-electron chi connectivity index (χ2n) is 4.51. The quantitative estimate of drug-likeness (QED) is 0.510. The molecule has 4 N–H and O–H groups in total. The summed E-state index contributed by atoms with van der Waals surface area (Å²) in [5.74, 6) is -0.667. The summed E-state index contributed by atoms with van der Waals surface area (Å²) in [7, 11) is -4.38. The van der Waals surface area contributed by atoms with Crippen molar-refractivity contribution < 1.29 is 32.3 Å². The molecule has 0 bridgehead atoms. The van der Waals surface area contributed by atoms with Gasteiger partial charge in [-0.25, -0.2) is 27.5 Å². The number of nitrogens with one attached hydrogen (secondary N) is 4. The molecule has 11 nitrogen and oxygen atoms in total. The molecule has 0 aliphatic heterocycles. The lowest BCUT2D eigenvalue weighted by Crippen LogP contribution is -2.51. The zero-order valence-electron chi connectivity index (χ0n) is 13.4. The molecule has 1 aromatic rings. The van der Waals surface area contributed by atoms with Crippen LogP contribution in [-0.2, 0) is 14.8 Å². The Morgan fingerprint density at radius 2 is 1.58 bits per heavy atom. The summed E-state index contributed by atoms with van der Waals surface area (Å²) in [4.78, 5) is 44.4. The van der Waals surface area contributed by atoms with Gasteiger partial charge < -0.3 is 4.74 Å². The topological polar surface area (TPSA) is 160 Å². The molecule has 0 spiro atoms. The largest absolute Gasteiger partial charge is 0.491 e. The van der Waals surface area contributed by atoms with Crippen LogP contribution >= 0.6 is 11.6 Å². The van der Waals surface area contributed by atoms with Crippen LogP contribution in [0.15, 0.2) is 29.2 Å². The smallest absolute Gasteiger partial charge is 0.336 e. The number of ether oxygens (including phenoxy) is 1. The van der Waals surface area contributed by atoms with E-state index in [-0.39, 0.29) is 23.1 Å². The third-order valence-electron chi connectivity index (χ3n) is 2.44. The second-order valence-corrected chi connectivity index (χ2v) is 6.54. The first-order chi connectivity index (χ1) is 12.2. The standard InChI is InChI=1S/C13H15ClN4O7S/c1-8(19)15-11(20)16-12(21)17-13(22)18-26(23,24)10-5-3-2-4-9(10)25-7-6-14/h2-5H,6-7H2,1H3,(H4,15,16,17,18,19,20,21,22). The molecule has 0 aliphatic carbocycles. The van der Waals surface area contributed by atoms with Crippen molar-refractivity contribution in [1.82, 2.24) is 20.7 Å². The van der Waals surface area contributed by atoms with Crippen molar-refractivity contribution in [2.75, 3.05) is 12.5 Å². The van der Waals surface area contributed by atoms with E-state index >= 15 is 0 Å². The maximum absolute atomic E-state index is 12.2. The molecule has 13 heteroatoms. The molecule has 0 fully saturated rings. The van der Waals surface area contributed by atoms with Crippen LogP contribution in [-0.4, -0.2) is 44.9 Å². The number of hydrogen-bond donors (Lipinski definition) is 4. The van der Waals surface area contributed by atoms with Gasteiger partial charge in [-0.2, -0.15) is 0 Å². The highest BCUT2D eigenvalue weighted by Crippen LogP contribution is 2.23. The van der Waals surface area contributed by atoms with E-state index in [0.29, 0.717) is 0 Å². The molecule has 7 amide bonds. The molecule has 26 heavy (non-hydrogen) atoms. The van der Waals surface area contributed by atoms with Crippen molar-refractivity contribution in [2.45, 2.75) is 11.8 Å². The Bertz CT molecular complexity index is 812. The first-order valence-electron chi connectivity index (χ1n) is 6.90. The number of carbonyl (C=O) groups excluding carboxylic acids is 4. The van der Waals surface area contributed by atoms with Crippen molar-refractivity contribution in [3.63, 3.8) is 0 Å².